The average Bonchev–Trinajstić information content (AvgIpc) is 2.58. The van der Waals surface area contributed by atoms with Gasteiger partial charge >= 0.3 is 0 Å². The second kappa shape index (κ2) is 9.51. The van der Waals surface area contributed by atoms with Crippen molar-refractivity contribution in [2.75, 3.05) is 6.61 Å². The van der Waals surface area contributed by atoms with Crippen LogP contribution < -0.4 is 15.6 Å². The fourth-order valence-electron chi connectivity index (χ4n) is 1.87. The van der Waals surface area contributed by atoms with Crippen LogP contribution in [0.3, 0.4) is 0 Å². The van der Waals surface area contributed by atoms with Crippen LogP contribution in [-0.4, -0.2) is 18.4 Å². The maximum absolute atomic E-state index is 11.8. The molecule has 2 amide bonds. The second-order valence-corrected chi connectivity index (χ2v) is 6.32. The third-order valence-electron chi connectivity index (χ3n) is 3.12. The van der Waals surface area contributed by atoms with Crippen LogP contribution in [0.4, 0.5) is 0 Å². The van der Waals surface area contributed by atoms with Gasteiger partial charge in [0.2, 0.25) is 5.91 Å². The first-order valence-corrected chi connectivity index (χ1v) is 8.51. The molecule has 132 valence electrons. The van der Waals surface area contributed by atoms with Crippen LogP contribution in [0.1, 0.15) is 23.2 Å². The molecule has 8 heteroatoms. The predicted molar refractivity (Wildman–Crippen MR) is 98.3 cm³/mol. The molecule has 0 aromatic heterocycles. The smallest absolute Gasteiger partial charge is 0.269 e. The lowest BCUT2D eigenvalue weighted by molar-refractivity contribution is -0.122. The molecular weight excluding hydrogens is 387 g/mol. The van der Waals surface area contributed by atoms with Crippen molar-refractivity contribution in [1.82, 2.24) is 10.9 Å². The van der Waals surface area contributed by atoms with E-state index in [9.17, 15) is 9.59 Å². The Balaban J connectivity index is 1.67. The summed E-state index contributed by atoms with van der Waals surface area (Å²) in [6, 6.07) is 11.2. The number of amides is 2. The van der Waals surface area contributed by atoms with Gasteiger partial charge in [0, 0.05) is 22.0 Å². The summed E-state index contributed by atoms with van der Waals surface area (Å²) in [6.45, 7) is 0.305. The molecule has 0 saturated heterocycles. The standard InChI is InChI=1S/C17H15Cl3N2O3/c18-12-5-3-11(4-6-12)17(24)22-21-16(23)2-1-9-25-15-8-7-13(19)10-14(15)20/h3-8,10H,1-2,9H2,(H,21,23)(H,22,24). The van der Waals surface area contributed by atoms with Crippen LogP contribution in [0.25, 0.3) is 0 Å². The molecule has 0 saturated carbocycles. The summed E-state index contributed by atoms with van der Waals surface area (Å²) in [5.74, 6) is -0.246. The van der Waals surface area contributed by atoms with Gasteiger partial charge in [-0.25, -0.2) is 0 Å². The van der Waals surface area contributed by atoms with Gasteiger partial charge < -0.3 is 4.74 Å². The Morgan fingerprint density at radius 1 is 0.920 bits per heavy atom. The first kappa shape index (κ1) is 19.4. The van der Waals surface area contributed by atoms with Crippen LogP contribution >= 0.6 is 34.8 Å². The van der Waals surface area contributed by atoms with Gasteiger partial charge in [0.1, 0.15) is 5.75 Å². The number of benzene rings is 2. The third kappa shape index (κ3) is 6.46. The maximum atomic E-state index is 11.8. The Hall–Kier alpha value is -1.95. The van der Waals surface area contributed by atoms with Gasteiger partial charge in [-0.2, -0.15) is 0 Å². The van der Waals surface area contributed by atoms with Crippen molar-refractivity contribution >= 4 is 46.6 Å². The van der Waals surface area contributed by atoms with E-state index < -0.39 is 5.91 Å². The van der Waals surface area contributed by atoms with Gasteiger partial charge in [-0.3, -0.25) is 20.4 Å². The van der Waals surface area contributed by atoms with Gasteiger partial charge in [0.05, 0.1) is 11.6 Å². The fourth-order valence-corrected chi connectivity index (χ4v) is 2.46. The van der Waals surface area contributed by atoms with Crippen molar-refractivity contribution in [3.8, 4) is 5.75 Å². The molecule has 0 aliphatic rings. The number of rotatable bonds is 6. The lowest BCUT2D eigenvalue weighted by Gasteiger charge is -2.09. The zero-order valence-electron chi connectivity index (χ0n) is 13.0. The van der Waals surface area contributed by atoms with E-state index in [0.717, 1.165) is 0 Å². The van der Waals surface area contributed by atoms with E-state index >= 15 is 0 Å². The summed E-state index contributed by atoms with van der Waals surface area (Å²) in [6.07, 6.45) is 0.647. The molecule has 0 radical (unpaired) electrons. The van der Waals surface area contributed by atoms with Crippen molar-refractivity contribution < 1.29 is 14.3 Å². The van der Waals surface area contributed by atoms with Crippen LogP contribution in [-0.2, 0) is 4.79 Å². The number of halogens is 3. The molecule has 2 N–H and O–H groups in total. The fraction of sp³-hybridized carbons (Fsp3) is 0.176. The topological polar surface area (TPSA) is 67.4 Å². The first-order chi connectivity index (χ1) is 12.0. The summed E-state index contributed by atoms with van der Waals surface area (Å²) in [4.78, 5) is 23.5. The Bertz CT molecular complexity index is 751. The van der Waals surface area contributed by atoms with E-state index in [4.69, 9.17) is 39.5 Å². The molecule has 0 spiro atoms. The van der Waals surface area contributed by atoms with Crippen molar-refractivity contribution in [3.05, 3.63) is 63.1 Å². The Morgan fingerprint density at radius 3 is 2.28 bits per heavy atom. The highest BCUT2D eigenvalue weighted by Gasteiger charge is 2.08. The maximum Gasteiger partial charge on any atom is 0.269 e. The van der Waals surface area contributed by atoms with E-state index in [1.165, 1.54) is 0 Å². The highest BCUT2D eigenvalue weighted by molar-refractivity contribution is 6.35. The number of hydrazine groups is 1. The number of carbonyl (C=O) groups excluding carboxylic acids is 2. The van der Waals surface area contributed by atoms with Crippen molar-refractivity contribution in [2.45, 2.75) is 12.8 Å². The van der Waals surface area contributed by atoms with Crippen LogP contribution in [0.2, 0.25) is 15.1 Å². The lowest BCUT2D eigenvalue weighted by Crippen LogP contribution is -2.41. The first-order valence-electron chi connectivity index (χ1n) is 7.38. The number of hydrogen-bond donors (Lipinski definition) is 2. The molecule has 0 unspecified atom stereocenters. The summed E-state index contributed by atoms with van der Waals surface area (Å²) in [7, 11) is 0. The molecule has 0 bridgehead atoms. The minimum Gasteiger partial charge on any atom is -0.492 e. The van der Waals surface area contributed by atoms with Crippen molar-refractivity contribution in [3.63, 3.8) is 0 Å². The second-order valence-electron chi connectivity index (χ2n) is 5.04. The molecule has 2 aromatic carbocycles. The van der Waals surface area contributed by atoms with Gasteiger partial charge in [-0.05, 0) is 48.9 Å². The third-order valence-corrected chi connectivity index (χ3v) is 3.90. The molecule has 2 rings (SSSR count). The Kier molecular flexibility index (Phi) is 7.37. The number of nitrogens with one attached hydrogen (secondary N) is 2. The normalized spacial score (nSPS) is 10.2. The predicted octanol–water partition coefficient (Wildman–Crippen LogP) is 4.27. The van der Waals surface area contributed by atoms with Crippen LogP contribution in [0, 0.1) is 0 Å². The van der Waals surface area contributed by atoms with Crippen molar-refractivity contribution in [1.29, 1.82) is 0 Å². The zero-order chi connectivity index (χ0) is 18.2. The monoisotopic (exact) mass is 400 g/mol. The van der Waals surface area contributed by atoms with Crippen LogP contribution in [0.5, 0.6) is 5.75 Å². The summed E-state index contributed by atoms with van der Waals surface area (Å²) in [5, 5.41) is 1.46. The van der Waals surface area contributed by atoms with Gasteiger partial charge in [0.25, 0.3) is 5.91 Å². The van der Waals surface area contributed by atoms with E-state index in [0.29, 0.717) is 39.4 Å². The molecule has 0 atom stereocenters. The van der Waals surface area contributed by atoms with E-state index in [1.807, 2.05) is 0 Å². The molecule has 5 nitrogen and oxygen atoms in total. The van der Waals surface area contributed by atoms with E-state index in [-0.39, 0.29) is 12.3 Å². The summed E-state index contributed by atoms with van der Waals surface area (Å²) >= 11 is 17.5. The minimum absolute atomic E-state index is 0.187. The molecular formula is C17H15Cl3N2O3. The summed E-state index contributed by atoms with van der Waals surface area (Å²) < 4.78 is 5.48. The number of carbonyl (C=O) groups is 2. The number of ether oxygens (including phenoxy) is 1. The van der Waals surface area contributed by atoms with Gasteiger partial charge in [-0.1, -0.05) is 34.8 Å². The molecule has 0 aliphatic carbocycles. The average molecular weight is 402 g/mol. The highest BCUT2D eigenvalue weighted by Crippen LogP contribution is 2.27. The minimum atomic E-state index is -0.422. The lowest BCUT2D eigenvalue weighted by atomic mass is 10.2. The molecule has 0 fully saturated rings. The van der Waals surface area contributed by atoms with Crippen molar-refractivity contribution in [2.24, 2.45) is 0 Å². The van der Waals surface area contributed by atoms with Gasteiger partial charge in [0.15, 0.2) is 0 Å². The highest BCUT2D eigenvalue weighted by atomic mass is 35.5. The van der Waals surface area contributed by atoms with E-state index in [2.05, 4.69) is 10.9 Å². The van der Waals surface area contributed by atoms with Gasteiger partial charge in [-0.15, -0.1) is 0 Å². The SMILES string of the molecule is O=C(CCCOc1ccc(Cl)cc1Cl)NNC(=O)c1ccc(Cl)cc1. The summed E-state index contributed by atoms with van der Waals surface area (Å²) in [5.41, 5.74) is 5.07. The molecule has 25 heavy (non-hydrogen) atoms. The number of hydrogen-bond acceptors (Lipinski definition) is 3. The molecule has 0 aliphatic heterocycles. The Morgan fingerprint density at radius 2 is 1.60 bits per heavy atom. The largest absolute Gasteiger partial charge is 0.492 e. The van der Waals surface area contributed by atoms with Crippen LogP contribution in [0.15, 0.2) is 42.5 Å². The molecule has 2 aromatic rings. The Labute approximate surface area is 160 Å². The van der Waals surface area contributed by atoms with E-state index in [1.54, 1.807) is 42.5 Å². The zero-order valence-corrected chi connectivity index (χ0v) is 15.3. The molecule has 0 heterocycles. The quantitative estimate of drug-likeness (QED) is 0.561.